The van der Waals surface area contributed by atoms with Crippen LogP contribution in [0.4, 0.5) is 0 Å². The number of hydrogen-bond donors (Lipinski definition) is 0. The average Bonchev–Trinajstić information content (AvgIpc) is 3.01. The van der Waals surface area contributed by atoms with Crippen LogP contribution in [0.15, 0.2) is 90.7 Å². The normalized spacial score (nSPS) is 19.9. The second-order valence-corrected chi connectivity index (χ2v) is 7.31. The van der Waals surface area contributed by atoms with Gasteiger partial charge in [0.25, 0.3) is 0 Å². The van der Waals surface area contributed by atoms with Gasteiger partial charge in [0.1, 0.15) is 6.29 Å². The van der Waals surface area contributed by atoms with Crippen LogP contribution in [0.5, 0.6) is 0 Å². The molecule has 2 aromatic rings. The number of carbonyl (C=O) groups is 1. The van der Waals surface area contributed by atoms with Gasteiger partial charge in [-0.25, -0.2) is 0 Å². The molecule has 1 saturated heterocycles. The van der Waals surface area contributed by atoms with Crippen molar-refractivity contribution in [1.29, 1.82) is 0 Å². The summed E-state index contributed by atoms with van der Waals surface area (Å²) >= 11 is 0. The molecule has 4 rings (SSSR count). The molecule has 0 aromatic heterocycles. The average molecular weight is 370 g/mol. The summed E-state index contributed by atoms with van der Waals surface area (Å²) in [6.07, 6.45) is 11.1. The SMILES string of the molecule is O=CC1C=CC=CC=C1N1CCN(Cc2ccccc2-c2ccccc2)CC1. The molecule has 0 N–H and O–H groups in total. The minimum atomic E-state index is -0.139. The number of benzene rings is 2. The number of rotatable bonds is 5. The molecule has 1 aliphatic heterocycles. The Kier molecular flexibility index (Phi) is 5.83. The first-order valence-corrected chi connectivity index (χ1v) is 9.96. The maximum atomic E-state index is 11.5. The van der Waals surface area contributed by atoms with Crippen LogP contribution in [0.3, 0.4) is 0 Å². The highest BCUT2D eigenvalue weighted by molar-refractivity contribution is 5.67. The molecule has 3 heteroatoms. The fourth-order valence-corrected chi connectivity index (χ4v) is 4.01. The number of carbonyl (C=O) groups excluding carboxylic acids is 1. The first-order chi connectivity index (χ1) is 13.8. The van der Waals surface area contributed by atoms with Crippen LogP contribution in [0.1, 0.15) is 5.56 Å². The third kappa shape index (κ3) is 4.15. The van der Waals surface area contributed by atoms with Crippen molar-refractivity contribution in [3.8, 4) is 11.1 Å². The van der Waals surface area contributed by atoms with Gasteiger partial charge in [-0.2, -0.15) is 0 Å². The monoisotopic (exact) mass is 370 g/mol. The summed E-state index contributed by atoms with van der Waals surface area (Å²) in [5.41, 5.74) is 5.07. The Balaban J connectivity index is 1.43. The lowest BCUT2D eigenvalue weighted by atomic mass is 9.99. The molecule has 0 saturated carbocycles. The summed E-state index contributed by atoms with van der Waals surface area (Å²) < 4.78 is 0. The summed E-state index contributed by atoms with van der Waals surface area (Å²) in [6, 6.07) is 19.3. The van der Waals surface area contributed by atoms with Crippen LogP contribution in [-0.2, 0) is 11.3 Å². The topological polar surface area (TPSA) is 23.6 Å². The molecule has 1 unspecified atom stereocenters. The smallest absolute Gasteiger partial charge is 0.132 e. The minimum absolute atomic E-state index is 0.139. The van der Waals surface area contributed by atoms with Crippen molar-refractivity contribution in [2.24, 2.45) is 5.92 Å². The van der Waals surface area contributed by atoms with Gasteiger partial charge in [0.2, 0.25) is 0 Å². The van der Waals surface area contributed by atoms with Gasteiger partial charge in [0.15, 0.2) is 0 Å². The maximum absolute atomic E-state index is 11.5. The predicted octanol–water partition coefficient (Wildman–Crippen LogP) is 4.30. The van der Waals surface area contributed by atoms with Crippen LogP contribution in [0.25, 0.3) is 11.1 Å². The summed E-state index contributed by atoms with van der Waals surface area (Å²) in [5, 5.41) is 0. The van der Waals surface area contributed by atoms with Gasteiger partial charge in [0, 0.05) is 38.4 Å². The Bertz CT molecular complexity index is 890. The molecule has 0 spiro atoms. The molecular formula is C25H26N2O. The second-order valence-electron chi connectivity index (χ2n) is 7.31. The van der Waals surface area contributed by atoms with E-state index in [1.165, 1.54) is 16.7 Å². The predicted molar refractivity (Wildman–Crippen MR) is 115 cm³/mol. The van der Waals surface area contributed by atoms with E-state index in [1.807, 2.05) is 24.3 Å². The lowest BCUT2D eigenvalue weighted by Gasteiger charge is -2.38. The van der Waals surface area contributed by atoms with E-state index < -0.39 is 0 Å². The molecule has 0 bridgehead atoms. The Morgan fingerprint density at radius 3 is 2.39 bits per heavy atom. The summed E-state index contributed by atoms with van der Waals surface area (Å²) in [4.78, 5) is 16.4. The lowest BCUT2D eigenvalue weighted by molar-refractivity contribution is -0.109. The van der Waals surface area contributed by atoms with Crippen LogP contribution in [0, 0.1) is 5.92 Å². The first-order valence-electron chi connectivity index (χ1n) is 9.96. The summed E-state index contributed by atoms with van der Waals surface area (Å²) in [5.74, 6) is -0.139. The van der Waals surface area contributed by atoms with Crippen molar-refractivity contribution in [2.45, 2.75) is 6.54 Å². The number of hydrogen-bond acceptors (Lipinski definition) is 3. The molecule has 1 atom stereocenters. The van der Waals surface area contributed by atoms with E-state index in [0.717, 1.165) is 44.7 Å². The molecule has 0 radical (unpaired) electrons. The number of allylic oxidation sites excluding steroid dienone is 5. The lowest BCUT2D eigenvalue weighted by Crippen LogP contribution is -2.46. The van der Waals surface area contributed by atoms with E-state index in [1.54, 1.807) is 0 Å². The maximum Gasteiger partial charge on any atom is 0.132 e. The Labute approximate surface area is 167 Å². The molecule has 1 aliphatic carbocycles. The quantitative estimate of drug-likeness (QED) is 0.734. The van der Waals surface area contributed by atoms with Gasteiger partial charge in [-0.05, 0) is 22.8 Å². The Morgan fingerprint density at radius 2 is 1.61 bits per heavy atom. The third-order valence-corrected chi connectivity index (χ3v) is 5.53. The van der Waals surface area contributed by atoms with Crippen LogP contribution >= 0.6 is 0 Å². The molecule has 1 fully saturated rings. The van der Waals surface area contributed by atoms with Crippen molar-refractivity contribution in [3.05, 3.63) is 96.2 Å². The fraction of sp³-hybridized carbons (Fsp3) is 0.240. The fourth-order valence-electron chi connectivity index (χ4n) is 4.01. The van der Waals surface area contributed by atoms with Crippen molar-refractivity contribution in [1.82, 2.24) is 9.80 Å². The molecule has 1 heterocycles. The molecular weight excluding hydrogens is 344 g/mol. The zero-order chi connectivity index (χ0) is 19.2. The van der Waals surface area contributed by atoms with E-state index >= 15 is 0 Å². The summed E-state index contributed by atoms with van der Waals surface area (Å²) in [6.45, 7) is 4.85. The van der Waals surface area contributed by atoms with Crippen LogP contribution < -0.4 is 0 Å². The van der Waals surface area contributed by atoms with Gasteiger partial charge in [0.05, 0.1) is 5.92 Å². The number of piperazine rings is 1. The van der Waals surface area contributed by atoms with Gasteiger partial charge < -0.3 is 9.69 Å². The minimum Gasteiger partial charge on any atom is -0.371 e. The van der Waals surface area contributed by atoms with E-state index in [9.17, 15) is 4.79 Å². The van der Waals surface area contributed by atoms with Gasteiger partial charge >= 0.3 is 0 Å². The van der Waals surface area contributed by atoms with Crippen molar-refractivity contribution < 1.29 is 4.79 Å². The van der Waals surface area contributed by atoms with Crippen molar-refractivity contribution in [2.75, 3.05) is 26.2 Å². The van der Waals surface area contributed by atoms with Gasteiger partial charge in [-0.1, -0.05) is 78.9 Å². The van der Waals surface area contributed by atoms with Gasteiger partial charge in [-0.3, -0.25) is 4.90 Å². The highest BCUT2D eigenvalue weighted by Gasteiger charge is 2.23. The molecule has 28 heavy (non-hydrogen) atoms. The number of nitrogens with zero attached hydrogens (tertiary/aromatic N) is 2. The Hall–Kier alpha value is -2.91. The van der Waals surface area contributed by atoms with E-state index in [4.69, 9.17) is 0 Å². The highest BCUT2D eigenvalue weighted by Crippen LogP contribution is 2.26. The first kappa shape index (κ1) is 18.5. The zero-order valence-corrected chi connectivity index (χ0v) is 16.1. The molecule has 0 amide bonds. The summed E-state index contributed by atoms with van der Waals surface area (Å²) in [7, 11) is 0. The molecule has 3 nitrogen and oxygen atoms in total. The third-order valence-electron chi connectivity index (χ3n) is 5.53. The zero-order valence-electron chi connectivity index (χ0n) is 16.1. The van der Waals surface area contributed by atoms with E-state index in [2.05, 4.69) is 70.5 Å². The highest BCUT2D eigenvalue weighted by atomic mass is 16.1. The van der Waals surface area contributed by atoms with Gasteiger partial charge in [-0.15, -0.1) is 0 Å². The molecule has 142 valence electrons. The standard InChI is InChI=1S/C25H26N2O/c28-20-23-12-5-2-6-14-25(23)27-17-15-26(16-18-27)19-22-11-7-8-13-24(22)21-9-3-1-4-10-21/h1-14,20,23H,15-19H2. The molecule has 2 aromatic carbocycles. The van der Waals surface area contributed by atoms with E-state index in [-0.39, 0.29) is 5.92 Å². The van der Waals surface area contributed by atoms with Crippen LogP contribution in [0.2, 0.25) is 0 Å². The second kappa shape index (κ2) is 8.85. The Morgan fingerprint density at radius 1 is 0.857 bits per heavy atom. The van der Waals surface area contributed by atoms with Crippen LogP contribution in [-0.4, -0.2) is 42.3 Å². The number of aldehydes is 1. The van der Waals surface area contributed by atoms with Crippen molar-refractivity contribution >= 4 is 6.29 Å². The van der Waals surface area contributed by atoms with Crippen molar-refractivity contribution in [3.63, 3.8) is 0 Å². The largest absolute Gasteiger partial charge is 0.371 e. The van der Waals surface area contributed by atoms with E-state index in [0.29, 0.717) is 0 Å². The molecule has 2 aliphatic rings.